The molecule has 0 atom stereocenters. The molecule has 1 aromatic carbocycles. The highest BCUT2D eigenvalue weighted by molar-refractivity contribution is 9.10. The summed E-state index contributed by atoms with van der Waals surface area (Å²) in [7, 11) is 1.62. The molecule has 0 aliphatic heterocycles. The topological polar surface area (TPSA) is 49.4 Å². The molecule has 2 amide bonds. The lowest BCUT2D eigenvalue weighted by Crippen LogP contribution is -2.34. The van der Waals surface area contributed by atoms with Crippen molar-refractivity contribution in [2.24, 2.45) is 0 Å². The molecular weight excluding hydrogens is 352 g/mol. The van der Waals surface area contributed by atoms with Gasteiger partial charge in [-0.15, -0.1) is 11.3 Å². The van der Waals surface area contributed by atoms with Crippen LogP contribution in [-0.2, 0) is 4.79 Å². The van der Waals surface area contributed by atoms with Crippen molar-refractivity contribution in [2.75, 3.05) is 18.9 Å². The minimum atomic E-state index is -0.215. The zero-order valence-electron chi connectivity index (χ0n) is 11.7. The summed E-state index contributed by atoms with van der Waals surface area (Å²) in [5.74, 6) is -0.361. The van der Waals surface area contributed by atoms with E-state index < -0.39 is 0 Å². The van der Waals surface area contributed by atoms with Gasteiger partial charge >= 0.3 is 0 Å². The Morgan fingerprint density at radius 1 is 1.33 bits per heavy atom. The second-order valence-corrected chi connectivity index (χ2v) is 6.51. The lowest BCUT2D eigenvalue weighted by Gasteiger charge is -2.16. The fraction of sp³-hybridized carbons (Fsp3) is 0.200. The molecule has 0 radical (unpaired) electrons. The summed E-state index contributed by atoms with van der Waals surface area (Å²) >= 11 is 4.75. The predicted molar refractivity (Wildman–Crippen MR) is 88.8 cm³/mol. The highest BCUT2D eigenvalue weighted by Crippen LogP contribution is 2.20. The van der Waals surface area contributed by atoms with Gasteiger partial charge in [0.05, 0.1) is 11.4 Å². The highest BCUT2D eigenvalue weighted by atomic mass is 79.9. The highest BCUT2D eigenvalue weighted by Gasteiger charge is 2.16. The van der Waals surface area contributed by atoms with E-state index in [4.69, 9.17) is 0 Å². The molecule has 0 aliphatic carbocycles. The predicted octanol–water partition coefficient (Wildman–Crippen LogP) is 3.53. The Labute approximate surface area is 135 Å². The Morgan fingerprint density at radius 3 is 2.71 bits per heavy atom. The van der Waals surface area contributed by atoms with Crippen LogP contribution in [0.5, 0.6) is 0 Å². The normalized spacial score (nSPS) is 10.2. The number of carbonyl (C=O) groups is 2. The van der Waals surface area contributed by atoms with Crippen LogP contribution >= 0.6 is 27.3 Å². The number of likely N-dealkylation sites (N-methyl/N-ethyl adjacent to an activating group) is 1. The molecule has 1 N–H and O–H groups in total. The molecule has 1 heterocycles. The quantitative estimate of drug-likeness (QED) is 0.899. The summed E-state index contributed by atoms with van der Waals surface area (Å²) < 4.78 is 0.961. The molecule has 0 aliphatic rings. The summed E-state index contributed by atoms with van der Waals surface area (Å²) in [6, 6.07) is 9.19. The summed E-state index contributed by atoms with van der Waals surface area (Å²) in [6.45, 7) is 1.94. The van der Waals surface area contributed by atoms with Gasteiger partial charge in [-0.1, -0.05) is 22.0 Å². The number of anilines is 1. The minimum absolute atomic E-state index is 0.0201. The van der Waals surface area contributed by atoms with Crippen molar-refractivity contribution in [1.29, 1.82) is 0 Å². The van der Waals surface area contributed by atoms with Crippen LogP contribution in [0.4, 0.5) is 5.69 Å². The average molecular weight is 367 g/mol. The standard InChI is InChI=1S/C15H15BrN2O2S/c1-10-8-11(16)5-6-12(10)17-14(19)9-18(2)15(20)13-4-3-7-21-13/h3-8H,9H2,1-2H3,(H,17,19). The third kappa shape index (κ3) is 4.15. The van der Waals surface area contributed by atoms with Crippen molar-refractivity contribution >= 4 is 44.8 Å². The van der Waals surface area contributed by atoms with E-state index in [0.717, 1.165) is 15.7 Å². The third-order valence-electron chi connectivity index (χ3n) is 2.92. The summed E-state index contributed by atoms with van der Waals surface area (Å²) in [4.78, 5) is 26.1. The number of hydrogen-bond acceptors (Lipinski definition) is 3. The van der Waals surface area contributed by atoms with Crippen molar-refractivity contribution in [3.8, 4) is 0 Å². The van der Waals surface area contributed by atoms with Crippen LogP contribution < -0.4 is 5.32 Å². The van der Waals surface area contributed by atoms with Crippen molar-refractivity contribution < 1.29 is 9.59 Å². The van der Waals surface area contributed by atoms with Gasteiger partial charge in [-0.2, -0.15) is 0 Å². The van der Waals surface area contributed by atoms with Crippen LogP contribution in [0, 0.1) is 6.92 Å². The van der Waals surface area contributed by atoms with Gasteiger partial charge in [0.15, 0.2) is 0 Å². The van der Waals surface area contributed by atoms with E-state index in [-0.39, 0.29) is 18.4 Å². The molecule has 4 nitrogen and oxygen atoms in total. The van der Waals surface area contributed by atoms with Crippen molar-refractivity contribution in [1.82, 2.24) is 4.90 Å². The molecule has 0 saturated carbocycles. The van der Waals surface area contributed by atoms with E-state index in [1.807, 2.05) is 36.6 Å². The fourth-order valence-electron chi connectivity index (χ4n) is 1.83. The largest absolute Gasteiger partial charge is 0.332 e. The van der Waals surface area contributed by atoms with Crippen LogP contribution in [-0.4, -0.2) is 30.3 Å². The Kier molecular flexibility index (Phi) is 5.14. The van der Waals surface area contributed by atoms with Crippen molar-refractivity contribution in [2.45, 2.75) is 6.92 Å². The van der Waals surface area contributed by atoms with E-state index in [9.17, 15) is 9.59 Å². The maximum Gasteiger partial charge on any atom is 0.264 e. The monoisotopic (exact) mass is 366 g/mol. The average Bonchev–Trinajstić information content (AvgIpc) is 2.95. The van der Waals surface area contributed by atoms with Gasteiger partial charge in [-0.25, -0.2) is 0 Å². The lowest BCUT2D eigenvalue weighted by molar-refractivity contribution is -0.116. The van der Waals surface area contributed by atoms with Crippen LogP contribution in [0.2, 0.25) is 0 Å². The maximum atomic E-state index is 12.1. The zero-order valence-corrected chi connectivity index (χ0v) is 14.1. The zero-order chi connectivity index (χ0) is 15.4. The Hall–Kier alpha value is -1.66. The van der Waals surface area contributed by atoms with E-state index in [2.05, 4.69) is 21.2 Å². The summed E-state index contributed by atoms with van der Waals surface area (Å²) in [5, 5.41) is 4.66. The summed E-state index contributed by atoms with van der Waals surface area (Å²) in [5.41, 5.74) is 1.71. The molecular formula is C15H15BrN2O2S. The molecule has 2 rings (SSSR count). The van der Waals surface area contributed by atoms with Crippen LogP contribution in [0.15, 0.2) is 40.2 Å². The third-order valence-corrected chi connectivity index (χ3v) is 4.27. The van der Waals surface area contributed by atoms with Crippen LogP contribution in [0.1, 0.15) is 15.2 Å². The molecule has 2 aromatic rings. The van der Waals surface area contributed by atoms with Crippen molar-refractivity contribution in [3.63, 3.8) is 0 Å². The first-order valence-corrected chi connectivity index (χ1v) is 7.99. The van der Waals surface area contributed by atoms with E-state index in [0.29, 0.717) is 4.88 Å². The Morgan fingerprint density at radius 2 is 2.10 bits per heavy atom. The molecule has 6 heteroatoms. The molecule has 0 bridgehead atoms. The molecule has 0 fully saturated rings. The molecule has 21 heavy (non-hydrogen) atoms. The van der Waals surface area contributed by atoms with E-state index in [1.54, 1.807) is 13.1 Å². The number of carbonyl (C=O) groups excluding carboxylic acids is 2. The number of halogens is 1. The maximum absolute atomic E-state index is 12.1. The first-order chi connectivity index (χ1) is 9.97. The van der Waals surface area contributed by atoms with Gasteiger partial charge in [0.25, 0.3) is 5.91 Å². The number of aryl methyl sites for hydroxylation is 1. The number of hydrogen-bond donors (Lipinski definition) is 1. The number of nitrogens with zero attached hydrogens (tertiary/aromatic N) is 1. The smallest absolute Gasteiger partial charge is 0.264 e. The first-order valence-electron chi connectivity index (χ1n) is 6.32. The molecule has 0 spiro atoms. The summed E-state index contributed by atoms with van der Waals surface area (Å²) in [6.07, 6.45) is 0. The number of amides is 2. The Balaban J connectivity index is 1.96. The number of rotatable bonds is 4. The van der Waals surface area contributed by atoms with Crippen LogP contribution in [0.25, 0.3) is 0 Å². The van der Waals surface area contributed by atoms with Crippen molar-refractivity contribution in [3.05, 3.63) is 50.6 Å². The van der Waals surface area contributed by atoms with Gasteiger partial charge in [-0.3, -0.25) is 9.59 Å². The molecule has 0 saturated heterocycles. The molecule has 110 valence electrons. The Bertz CT molecular complexity index is 656. The van der Waals surface area contributed by atoms with Crippen LogP contribution in [0.3, 0.4) is 0 Å². The number of benzene rings is 1. The number of thiophene rings is 1. The molecule has 0 unspecified atom stereocenters. The minimum Gasteiger partial charge on any atom is -0.332 e. The second kappa shape index (κ2) is 6.87. The van der Waals surface area contributed by atoms with E-state index in [1.165, 1.54) is 16.2 Å². The van der Waals surface area contributed by atoms with Gasteiger partial charge in [0.1, 0.15) is 0 Å². The SMILES string of the molecule is Cc1cc(Br)ccc1NC(=O)CN(C)C(=O)c1cccs1. The number of nitrogens with one attached hydrogen (secondary N) is 1. The van der Waals surface area contributed by atoms with Gasteiger partial charge in [-0.05, 0) is 42.1 Å². The molecule has 1 aromatic heterocycles. The fourth-order valence-corrected chi connectivity index (χ4v) is 3.03. The van der Waals surface area contributed by atoms with E-state index >= 15 is 0 Å². The first kappa shape index (κ1) is 15.7. The van der Waals surface area contributed by atoms with Gasteiger partial charge in [0, 0.05) is 17.2 Å². The van der Waals surface area contributed by atoms with Gasteiger partial charge < -0.3 is 10.2 Å². The lowest BCUT2D eigenvalue weighted by atomic mass is 10.2. The van der Waals surface area contributed by atoms with Gasteiger partial charge in [0.2, 0.25) is 5.91 Å². The second-order valence-electron chi connectivity index (χ2n) is 4.65.